The van der Waals surface area contributed by atoms with E-state index >= 15 is 0 Å². The molecule has 1 aliphatic carbocycles. The number of halogens is 2. The van der Waals surface area contributed by atoms with E-state index in [1.807, 2.05) is 4.90 Å². The van der Waals surface area contributed by atoms with Crippen LogP contribution < -0.4 is 5.32 Å². The molecule has 1 aromatic rings. The van der Waals surface area contributed by atoms with Gasteiger partial charge in [0, 0.05) is 30.6 Å². The molecule has 1 N–H and O–H groups in total. The second-order valence-corrected chi connectivity index (χ2v) is 6.71. The van der Waals surface area contributed by atoms with Gasteiger partial charge in [-0.2, -0.15) is 0 Å². The molecule has 1 atom stereocenters. The number of nitrogens with one attached hydrogen (secondary N) is 1. The molecule has 0 radical (unpaired) electrons. The van der Waals surface area contributed by atoms with Crippen molar-refractivity contribution in [3.8, 4) is 0 Å². The van der Waals surface area contributed by atoms with E-state index in [4.69, 9.17) is 0 Å². The number of nitrogens with zero attached hydrogens (tertiary/aromatic N) is 1. The number of carbonyl (C=O) groups is 2. The third-order valence-electron chi connectivity index (χ3n) is 4.97. The summed E-state index contributed by atoms with van der Waals surface area (Å²) in [5.41, 5.74) is 0.0888. The molecule has 1 aliphatic heterocycles. The van der Waals surface area contributed by atoms with Crippen LogP contribution in [0, 0.1) is 17.6 Å². The van der Waals surface area contributed by atoms with Crippen molar-refractivity contribution in [1.82, 2.24) is 10.2 Å². The van der Waals surface area contributed by atoms with Gasteiger partial charge in [-0.05, 0) is 37.5 Å². The molecular weight excluding hydrogens is 314 g/mol. The fourth-order valence-corrected chi connectivity index (χ4v) is 3.59. The molecule has 4 nitrogen and oxygen atoms in total. The van der Waals surface area contributed by atoms with Gasteiger partial charge in [0.05, 0.1) is 0 Å². The summed E-state index contributed by atoms with van der Waals surface area (Å²) >= 11 is 0. The molecule has 1 heterocycles. The summed E-state index contributed by atoms with van der Waals surface area (Å²) in [6.45, 7) is 1.13. The zero-order chi connectivity index (χ0) is 17.1. The maximum atomic E-state index is 13.2. The van der Waals surface area contributed by atoms with Gasteiger partial charge in [0.1, 0.15) is 0 Å². The number of hydrogen-bond acceptors (Lipinski definition) is 2. The van der Waals surface area contributed by atoms with E-state index < -0.39 is 17.5 Å². The van der Waals surface area contributed by atoms with Gasteiger partial charge in [0.15, 0.2) is 11.6 Å². The molecule has 2 amide bonds. The first kappa shape index (κ1) is 16.9. The molecule has 2 aliphatic rings. The van der Waals surface area contributed by atoms with Gasteiger partial charge in [-0.1, -0.05) is 19.3 Å². The lowest BCUT2D eigenvalue weighted by Gasteiger charge is -2.26. The SMILES string of the molecule is O=C(N[C@@H]1CCN(C(=O)C2CCCCC2)C1)c1ccc(F)c(F)c1. The first-order valence-electron chi connectivity index (χ1n) is 8.59. The molecule has 1 saturated carbocycles. The molecule has 0 spiro atoms. The summed E-state index contributed by atoms with van der Waals surface area (Å²) in [7, 11) is 0. The molecule has 2 fully saturated rings. The van der Waals surface area contributed by atoms with Gasteiger partial charge in [-0.15, -0.1) is 0 Å². The molecule has 0 aromatic heterocycles. The van der Waals surface area contributed by atoms with Crippen LogP contribution in [0.4, 0.5) is 8.78 Å². The van der Waals surface area contributed by atoms with Crippen LogP contribution in [0.5, 0.6) is 0 Å². The molecule has 24 heavy (non-hydrogen) atoms. The summed E-state index contributed by atoms with van der Waals surface area (Å²) < 4.78 is 26.2. The van der Waals surface area contributed by atoms with E-state index in [1.54, 1.807) is 0 Å². The highest BCUT2D eigenvalue weighted by Gasteiger charge is 2.32. The zero-order valence-corrected chi connectivity index (χ0v) is 13.6. The second kappa shape index (κ2) is 7.28. The third kappa shape index (κ3) is 3.74. The van der Waals surface area contributed by atoms with Gasteiger partial charge in [-0.25, -0.2) is 8.78 Å². The molecule has 6 heteroatoms. The predicted molar refractivity (Wildman–Crippen MR) is 85.4 cm³/mol. The normalized spacial score (nSPS) is 21.8. The molecule has 0 unspecified atom stereocenters. The van der Waals surface area contributed by atoms with Crippen LogP contribution in [-0.2, 0) is 4.79 Å². The van der Waals surface area contributed by atoms with Crippen LogP contribution in [0.15, 0.2) is 18.2 Å². The number of amides is 2. The van der Waals surface area contributed by atoms with Gasteiger partial charge >= 0.3 is 0 Å². The number of rotatable bonds is 3. The minimum absolute atomic E-state index is 0.0888. The van der Waals surface area contributed by atoms with Crippen LogP contribution in [0.25, 0.3) is 0 Å². The fraction of sp³-hybridized carbons (Fsp3) is 0.556. The van der Waals surface area contributed by atoms with E-state index in [9.17, 15) is 18.4 Å². The van der Waals surface area contributed by atoms with Crippen LogP contribution in [0.1, 0.15) is 48.9 Å². The van der Waals surface area contributed by atoms with Gasteiger partial charge in [0.25, 0.3) is 5.91 Å². The Balaban J connectivity index is 1.54. The molecule has 0 bridgehead atoms. The Morgan fingerprint density at radius 2 is 1.79 bits per heavy atom. The quantitative estimate of drug-likeness (QED) is 0.923. The Labute approximate surface area is 140 Å². The van der Waals surface area contributed by atoms with Crippen molar-refractivity contribution in [3.63, 3.8) is 0 Å². The van der Waals surface area contributed by atoms with Crippen molar-refractivity contribution in [1.29, 1.82) is 0 Å². The highest BCUT2D eigenvalue weighted by Crippen LogP contribution is 2.26. The Bertz CT molecular complexity index is 629. The van der Waals surface area contributed by atoms with E-state index in [2.05, 4.69) is 5.32 Å². The Hall–Kier alpha value is -1.98. The largest absolute Gasteiger partial charge is 0.347 e. The Morgan fingerprint density at radius 3 is 2.50 bits per heavy atom. The van der Waals surface area contributed by atoms with Crippen molar-refractivity contribution in [2.24, 2.45) is 5.92 Å². The lowest BCUT2D eigenvalue weighted by Crippen LogP contribution is -2.40. The van der Waals surface area contributed by atoms with Crippen molar-refractivity contribution >= 4 is 11.8 Å². The molecule has 1 aromatic carbocycles. The minimum Gasteiger partial charge on any atom is -0.347 e. The standard InChI is InChI=1S/C18H22F2N2O2/c19-15-7-6-13(10-16(15)20)17(23)21-14-8-9-22(11-14)18(24)12-4-2-1-3-5-12/h6-7,10,12,14H,1-5,8-9,11H2,(H,21,23)/t14-/m1/s1. The zero-order valence-electron chi connectivity index (χ0n) is 13.6. The monoisotopic (exact) mass is 336 g/mol. The lowest BCUT2D eigenvalue weighted by atomic mass is 9.88. The van der Waals surface area contributed by atoms with Crippen molar-refractivity contribution in [2.75, 3.05) is 13.1 Å². The maximum Gasteiger partial charge on any atom is 0.251 e. The first-order valence-corrected chi connectivity index (χ1v) is 8.59. The topological polar surface area (TPSA) is 49.4 Å². The number of hydrogen-bond donors (Lipinski definition) is 1. The molecule has 1 saturated heterocycles. The number of carbonyl (C=O) groups excluding carboxylic acids is 2. The van der Waals surface area contributed by atoms with Crippen molar-refractivity contribution < 1.29 is 18.4 Å². The highest BCUT2D eigenvalue weighted by atomic mass is 19.2. The van der Waals surface area contributed by atoms with Gasteiger partial charge < -0.3 is 10.2 Å². The summed E-state index contributed by atoms with van der Waals surface area (Å²) in [5, 5.41) is 2.81. The van der Waals surface area contributed by atoms with Crippen molar-refractivity contribution in [3.05, 3.63) is 35.4 Å². The van der Waals surface area contributed by atoms with E-state index in [0.717, 1.165) is 37.8 Å². The van der Waals surface area contributed by atoms with Crippen molar-refractivity contribution in [2.45, 2.75) is 44.6 Å². The van der Waals surface area contributed by atoms with E-state index in [-0.39, 0.29) is 23.4 Å². The Morgan fingerprint density at radius 1 is 1.04 bits per heavy atom. The smallest absolute Gasteiger partial charge is 0.251 e. The van der Waals surface area contributed by atoms with Gasteiger partial charge in [0.2, 0.25) is 5.91 Å². The molecule has 3 rings (SSSR count). The molecule has 130 valence electrons. The third-order valence-corrected chi connectivity index (χ3v) is 4.97. The highest BCUT2D eigenvalue weighted by molar-refractivity contribution is 5.94. The first-order chi connectivity index (χ1) is 11.5. The molecular formula is C18H22F2N2O2. The van der Waals surface area contributed by atoms with E-state index in [0.29, 0.717) is 19.5 Å². The summed E-state index contributed by atoms with van der Waals surface area (Å²) in [6, 6.07) is 2.95. The number of benzene rings is 1. The maximum absolute atomic E-state index is 13.2. The van der Waals surface area contributed by atoms with Crippen LogP contribution >= 0.6 is 0 Å². The number of likely N-dealkylation sites (tertiary alicyclic amines) is 1. The average Bonchev–Trinajstić information content (AvgIpc) is 3.06. The van der Waals surface area contributed by atoms with Crippen LogP contribution in [-0.4, -0.2) is 35.8 Å². The summed E-state index contributed by atoms with van der Waals surface area (Å²) in [4.78, 5) is 26.5. The second-order valence-electron chi connectivity index (χ2n) is 6.71. The van der Waals surface area contributed by atoms with Crippen LogP contribution in [0.2, 0.25) is 0 Å². The Kier molecular flexibility index (Phi) is 5.11. The van der Waals surface area contributed by atoms with Gasteiger partial charge in [-0.3, -0.25) is 9.59 Å². The minimum atomic E-state index is -1.04. The predicted octanol–water partition coefficient (Wildman–Crippen LogP) is 2.88. The fourth-order valence-electron chi connectivity index (χ4n) is 3.59. The lowest BCUT2D eigenvalue weighted by molar-refractivity contribution is -0.135. The van der Waals surface area contributed by atoms with E-state index in [1.165, 1.54) is 12.5 Å². The summed E-state index contributed by atoms with van der Waals surface area (Å²) in [5.74, 6) is -2.13. The average molecular weight is 336 g/mol. The van der Waals surface area contributed by atoms with Crippen LogP contribution in [0.3, 0.4) is 0 Å². The summed E-state index contributed by atoms with van der Waals surface area (Å²) in [6.07, 6.45) is 6.04.